The SMILES string of the molecule is CCNC(=NCCc1ncc(C)s1)NCCNC(=O)c1ccco1.I. The zero-order valence-corrected chi connectivity index (χ0v) is 17.5. The minimum absolute atomic E-state index is 0. The topological polar surface area (TPSA) is 91.5 Å². The summed E-state index contributed by atoms with van der Waals surface area (Å²) in [5.41, 5.74) is 0. The van der Waals surface area contributed by atoms with Crippen LogP contribution >= 0.6 is 35.3 Å². The van der Waals surface area contributed by atoms with Crippen molar-refractivity contribution < 1.29 is 9.21 Å². The molecule has 0 aliphatic heterocycles. The fraction of sp³-hybridized carbons (Fsp3) is 0.438. The Morgan fingerprint density at radius 1 is 1.32 bits per heavy atom. The van der Waals surface area contributed by atoms with Gasteiger partial charge in [-0.2, -0.15) is 0 Å². The Labute approximate surface area is 168 Å². The molecule has 0 aromatic carbocycles. The van der Waals surface area contributed by atoms with E-state index in [-0.39, 0.29) is 29.9 Å². The number of hydrogen-bond acceptors (Lipinski definition) is 5. The number of carbonyl (C=O) groups is 1. The van der Waals surface area contributed by atoms with Gasteiger partial charge in [0.2, 0.25) is 0 Å². The van der Waals surface area contributed by atoms with Crippen LogP contribution in [-0.2, 0) is 6.42 Å². The fourth-order valence-corrected chi connectivity index (χ4v) is 2.75. The van der Waals surface area contributed by atoms with Crippen LogP contribution < -0.4 is 16.0 Å². The van der Waals surface area contributed by atoms with Crippen molar-refractivity contribution in [2.45, 2.75) is 20.3 Å². The van der Waals surface area contributed by atoms with E-state index in [1.54, 1.807) is 23.5 Å². The van der Waals surface area contributed by atoms with E-state index in [1.165, 1.54) is 11.1 Å². The fourth-order valence-electron chi connectivity index (χ4n) is 1.97. The molecule has 0 unspecified atom stereocenters. The number of rotatable bonds is 8. The molecule has 0 aliphatic rings. The summed E-state index contributed by atoms with van der Waals surface area (Å²) < 4.78 is 5.04. The number of aromatic nitrogens is 1. The van der Waals surface area contributed by atoms with Gasteiger partial charge in [0.15, 0.2) is 11.7 Å². The number of carbonyl (C=O) groups excluding carboxylic acids is 1. The maximum atomic E-state index is 11.7. The van der Waals surface area contributed by atoms with Gasteiger partial charge < -0.3 is 20.4 Å². The number of thiazole rings is 1. The molecule has 2 rings (SSSR count). The van der Waals surface area contributed by atoms with E-state index in [0.717, 1.165) is 23.9 Å². The molecular weight excluding hydrogens is 453 g/mol. The molecule has 2 aromatic heterocycles. The number of furan rings is 1. The zero-order chi connectivity index (χ0) is 17.2. The molecule has 0 saturated heterocycles. The third-order valence-electron chi connectivity index (χ3n) is 3.06. The van der Waals surface area contributed by atoms with Crippen LogP contribution in [0.1, 0.15) is 27.4 Å². The van der Waals surface area contributed by atoms with Crippen molar-refractivity contribution in [3.8, 4) is 0 Å². The summed E-state index contributed by atoms with van der Waals surface area (Å²) in [6.07, 6.45) is 4.19. The molecule has 0 saturated carbocycles. The quantitative estimate of drug-likeness (QED) is 0.235. The van der Waals surface area contributed by atoms with Gasteiger partial charge in [0.25, 0.3) is 5.91 Å². The Morgan fingerprint density at radius 2 is 2.12 bits per heavy atom. The summed E-state index contributed by atoms with van der Waals surface area (Å²) in [6, 6.07) is 3.32. The molecule has 0 aliphatic carbocycles. The Kier molecular flexibility index (Phi) is 10.2. The van der Waals surface area contributed by atoms with Crippen molar-refractivity contribution in [1.29, 1.82) is 0 Å². The highest BCUT2D eigenvalue weighted by Crippen LogP contribution is 2.11. The molecule has 0 atom stereocenters. The Bertz CT molecular complexity index is 657. The molecule has 25 heavy (non-hydrogen) atoms. The van der Waals surface area contributed by atoms with E-state index in [9.17, 15) is 4.79 Å². The highest BCUT2D eigenvalue weighted by molar-refractivity contribution is 14.0. The van der Waals surface area contributed by atoms with Gasteiger partial charge in [0.05, 0.1) is 11.3 Å². The maximum Gasteiger partial charge on any atom is 0.287 e. The van der Waals surface area contributed by atoms with Crippen LogP contribution in [0.4, 0.5) is 0 Å². The molecule has 0 fully saturated rings. The van der Waals surface area contributed by atoms with Gasteiger partial charge in [-0.15, -0.1) is 35.3 Å². The van der Waals surface area contributed by atoms with Gasteiger partial charge in [-0.25, -0.2) is 4.98 Å². The third-order valence-corrected chi connectivity index (χ3v) is 4.03. The van der Waals surface area contributed by atoms with Crippen molar-refractivity contribution >= 4 is 47.2 Å². The first-order valence-corrected chi connectivity index (χ1v) is 8.76. The number of hydrogen-bond donors (Lipinski definition) is 3. The molecule has 0 radical (unpaired) electrons. The van der Waals surface area contributed by atoms with Gasteiger partial charge in [0, 0.05) is 43.7 Å². The van der Waals surface area contributed by atoms with Crippen LogP contribution in [0.2, 0.25) is 0 Å². The molecule has 2 aromatic rings. The summed E-state index contributed by atoms with van der Waals surface area (Å²) in [4.78, 5) is 21.8. The largest absolute Gasteiger partial charge is 0.459 e. The van der Waals surface area contributed by atoms with Gasteiger partial charge >= 0.3 is 0 Å². The normalized spacial score (nSPS) is 10.9. The zero-order valence-electron chi connectivity index (χ0n) is 14.4. The first-order chi connectivity index (χ1) is 11.7. The lowest BCUT2D eigenvalue weighted by atomic mass is 10.4. The molecule has 0 spiro atoms. The summed E-state index contributed by atoms with van der Waals surface area (Å²) in [6.45, 7) is 6.57. The first kappa shape index (κ1) is 21.4. The third kappa shape index (κ3) is 7.86. The predicted molar refractivity (Wildman–Crippen MR) is 111 cm³/mol. The van der Waals surface area contributed by atoms with Crippen LogP contribution in [-0.4, -0.2) is 43.0 Å². The van der Waals surface area contributed by atoms with Crippen LogP contribution in [0.25, 0.3) is 0 Å². The van der Waals surface area contributed by atoms with Crippen molar-refractivity contribution in [1.82, 2.24) is 20.9 Å². The van der Waals surface area contributed by atoms with Crippen molar-refractivity contribution in [3.63, 3.8) is 0 Å². The minimum Gasteiger partial charge on any atom is -0.459 e. The van der Waals surface area contributed by atoms with Crippen LogP contribution in [0.15, 0.2) is 34.0 Å². The van der Waals surface area contributed by atoms with Gasteiger partial charge in [-0.1, -0.05) is 0 Å². The average Bonchev–Trinajstić information content (AvgIpc) is 3.23. The predicted octanol–water partition coefficient (Wildman–Crippen LogP) is 2.19. The monoisotopic (exact) mass is 477 g/mol. The van der Waals surface area contributed by atoms with Crippen LogP contribution in [0.3, 0.4) is 0 Å². The van der Waals surface area contributed by atoms with E-state index >= 15 is 0 Å². The van der Waals surface area contributed by atoms with Crippen molar-refractivity contribution in [2.24, 2.45) is 4.99 Å². The van der Waals surface area contributed by atoms with E-state index in [2.05, 4.69) is 25.9 Å². The number of halogens is 1. The standard InChI is InChI=1S/C16H23N5O2S.HI/c1-3-17-16(19-7-6-14-21-11-12(2)24-14)20-9-8-18-15(22)13-5-4-10-23-13;/h4-5,10-11H,3,6-9H2,1-2H3,(H,18,22)(H2,17,19,20);1H. The molecule has 1 amide bonds. The summed E-state index contributed by atoms with van der Waals surface area (Å²) in [7, 11) is 0. The number of amides is 1. The molecule has 2 heterocycles. The smallest absolute Gasteiger partial charge is 0.287 e. The summed E-state index contributed by atoms with van der Waals surface area (Å²) in [5.74, 6) is 0.829. The molecule has 138 valence electrons. The van der Waals surface area contributed by atoms with Crippen molar-refractivity contribution in [2.75, 3.05) is 26.2 Å². The molecule has 3 N–H and O–H groups in total. The number of aliphatic imine (C=N–C) groups is 1. The Balaban J connectivity index is 0.00000312. The van der Waals surface area contributed by atoms with E-state index in [0.29, 0.717) is 25.4 Å². The van der Waals surface area contributed by atoms with Crippen LogP contribution in [0, 0.1) is 6.92 Å². The molecule has 0 bridgehead atoms. The Hall–Kier alpha value is -1.62. The molecule has 7 nitrogen and oxygen atoms in total. The van der Waals surface area contributed by atoms with Crippen LogP contribution in [0.5, 0.6) is 0 Å². The van der Waals surface area contributed by atoms with Gasteiger partial charge in [-0.3, -0.25) is 9.79 Å². The molecule has 9 heteroatoms. The van der Waals surface area contributed by atoms with Gasteiger partial charge in [-0.05, 0) is 26.0 Å². The minimum atomic E-state index is -0.220. The highest BCUT2D eigenvalue weighted by atomic mass is 127. The summed E-state index contributed by atoms with van der Waals surface area (Å²) in [5, 5.41) is 10.2. The second kappa shape index (κ2) is 11.9. The average molecular weight is 477 g/mol. The highest BCUT2D eigenvalue weighted by Gasteiger charge is 2.06. The van der Waals surface area contributed by atoms with E-state index in [1.807, 2.05) is 20.0 Å². The summed E-state index contributed by atoms with van der Waals surface area (Å²) >= 11 is 1.70. The van der Waals surface area contributed by atoms with Gasteiger partial charge in [0.1, 0.15) is 0 Å². The number of nitrogens with zero attached hydrogens (tertiary/aromatic N) is 2. The van der Waals surface area contributed by atoms with Crippen molar-refractivity contribution in [3.05, 3.63) is 40.2 Å². The number of nitrogens with one attached hydrogen (secondary N) is 3. The Morgan fingerprint density at radius 3 is 2.76 bits per heavy atom. The second-order valence-corrected chi connectivity index (χ2v) is 6.35. The van der Waals surface area contributed by atoms with E-state index in [4.69, 9.17) is 4.42 Å². The lowest BCUT2D eigenvalue weighted by Gasteiger charge is -2.11. The lowest BCUT2D eigenvalue weighted by molar-refractivity contribution is 0.0926. The molecular formula is C16H24IN5O2S. The maximum absolute atomic E-state index is 11.7. The lowest BCUT2D eigenvalue weighted by Crippen LogP contribution is -2.41. The first-order valence-electron chi connectivity index (χ1n) is 7.94. The second-order valence-electron chi connectivity index (χ2n) is 5.04. The number of guanidine groups is 1. The van der Waals surface area contributed by atoms with E-state index < -0.39 is 0 Å². The number of aryl methyl sites for hydroxylation is 1.